The summed E-state index contributed by atoms with van der Waals surface area (Å²) in [4.78, 5) is 25.6. The second-order valence-electron chi connectivity index (χ2n) is 0.447. The van der Waals surface area contributed by atoms with Crippen LogP contribution in [0.5, 0.6) is 0 Å². The zero-order valence-corrected chi connectivity index (χ0v) is 8.60. The minimum Gasteiger partial charge on any atom is -0.822 e. The first-order chi connectivity index (χ1) is 2.00. The van der Waals surface area contributed by atoms with Gasteiger partial charge in [-0.1, -0.05) is 0 Å². The molecule has 0 unspecified atom stereocenters. The van der Waals surface area contributed by atoms with Crippen LogP contribution in [-0.2, 0) is 28.6 Å². The largest absolute Gasteiger partial charge is 5.00 e. The fourth-order valence-corrected chi connectivity index (χ4v) is 0. The molecule has 5 radical (unpaired) electrons. The van der Waals surface area contributed by atoms with Gasteiger partial charge in [-0.05, 0) is 0 Å². The molecule has 0 heterocycles. The van der Waals surface area contributed by atoms with Gasteiger partial charge in [0.05, 0.1) is 0 Å². The Labute approximate surface area is 84.9 Å². The average Bonchev–Trinajstić information content (AvgIpc) is 0.722. The van der Waals surface area contributed by atoms with Gasteiger partial charge in [-0.25, -0.2) is 0 Å². The second kappa shape index (κ2) is 12.3. The summed E-state index contributed by atoms with van der Waals surface area (Å²) in [6, 6.07) is 0. The van der Waals surface area contributed by atoms with E-state index in [1.54, 1.807) is 0 Å². The van der Waals surface area contributed by atoms with Crippen LogP contribution in [0.2, 0.25) is 0 Å². The topological polar surface area (TPSA) is 115 Å². The number of phosphoric acid groups is 1. The first-order valence-corrected chi connectivity index (χ1v) is 2.19. The predicted molar refractivity (Wildman–Crippen MR) is 9.40 cm³/mol. The molecular weight excluding hydrogens is 204 g/mol. The molecule has 0 aromatic carbocycles. The van der Waals surface area contributed by atoms with Gasteiger partial charge < -0.3 is 19.2 Å². The van der Waals surface area contributed by atoms with Crippen molar-refractivity contribution in [2.45, 2.75) is 0 Å². The molecule has 0 saturated carbocycles. The maximum Gasteiger partial charge on any atom is 5.00 e. The van der Waals surface area contributed by atoms with Crippen LogP contribution in [0, 0.1) is 0 Å². The zero-order chi connectivity index (χ0) is 4.50. The molecule has 0 rings (SSSR count). The molecule has 0 bridgehead atoms. The Hall–Kier alpha value is 1.58. The van der Waals surface area contributed by atoms with Crippen LogP contribution >= 0.6 is 7.82 Å². The van der Waals surface area contributed by atoms with Gasteiger partial charge in [-0.3, -0.25) is 0 Å². The van der Waals surface area contributed by atoms with E-state index in [4.69, 9.17) is 19.2 Å². The van der Waals surface area contributed by atoms with Gasteiger partial charge in [0.1, 0.15) is 0 Å². The third kappa shape index (κ3) is 220. The fourth-order valence-electron chi connectivity index (χ4n) is 0. The van der Waals surface area contributed by atoms with Crippen molar-refractivity contribution in [3.63, 3.8) is 0 Å². The van der Waals surface area contributed by atoms with E-state index >= 15 is 0 Å². The van der Waals surface area contributed by atoms with Gasteiger partial charge in [-0.2, -0.15) is 7.82 Å². The summed E-state index contributed by atoms with van der Waals surface area (Å²) in [5, 5.41) is 0. The van der Waals surface area contributed by atoms with Crippen molar-refractivity contribution in [1.82, 2.24) is 0 Å². The summed E-state index contributed by atoms with van der Waals surface area (Å²) >= 11 is 0. The molecule has 0 aliphatic carbocycles. The van der Waals surface area contributed by atoms with E-state index in [0.717, 1.165) is 0 Å². The van der Waals surface area contributed by atoms with Gasteiger partial charge >= 0.3 is 53.6 Å². The van der Waals surface area contributed by atoms with E-state index in [0.29, 0.717) is 0 Å². The fraction of sp³-hybridized carbons (Fsp3) is 0. The Morgan fingerprint density at radius 1 is 1.11 bits per heavy atom. The Morgan fingerprint density at radius 3 is 1.11 bits per heavy atom. The van der Waals surface area contributed by atoms with Crippen molar-refractivity contribution in [2.24, 2.45) is 0 Å². The maximum atomic E-state index is 8.55. The minimum absolute atomic E-state index is 0. The van der Waals surface area contributed by atoms with Gasteiger partial charge in [0.25, 0.3) is 0 Å². The number of halogens is 1. The third-order valence-electron chi connectivity index (χ3n) is 0. The molecule has 0 aromatic heterocycles. The van der Waals surface area contributed by atoms with Crippen LogP contribution in [-0.4, -0.2) is 0 Å². The van der Waals surface area contributed by atoms with Gasteiger partial charge in [0.15, 0.2) is 0 Å². The van der Waals surface area contributed by atoms with Crippen molar-refractivity contribution in [3.05, 3.63) is 0 Å². The van der Waals surface area contributed by atoms with Crippen LogP contribution in [0.25, 0.3) is 0 Å². The Kier molecular flexibility index (Phi) is 42.5. The number of hydrogen-bond acceptors (Lipinski definition) is 4. The summed E-state index contributed by atoms with van der Waals surface area (Å²) in [6.45, 7) is 0. The molecule has 0 saturated heterocycles. The van der Waals surface area contributed by atoms with Gasteiger partial charge in [0.2, 0.25) is 0 Å². The van der Waals surface area contributed by atoms with Crippen LogP contribution in [0.15, 0.2) is 0 Å². The molecule has 9 heavy (non-hydrogen) atoms. The molecule has 43 valence electrons. The molecule has 0 aromatic rings. The first-order valence-electron chi connectivity index (χ1n) is 0.730. The average molecular weight is 204 g/mol. The number of hydrogen-bond donors (Lipinski definition) is 0. The standard InChI is InChI=1S/F.Na.H3O4P.O.V/c;;1-5(2,3)4;;/h;;(H3,1,2,3,4);;/q;+1;;+2;+5/p-3. The second-order valence-corrected chi connectivity index (χ2v) is 1.34. The number of rotatable bonds is 0. The summed E-state index contributed by atoms with van der Waals surface area (Å²) in [5.41, 5.74) is 0. The SMILES string of the molecule is O=P([O-])([O-])[O-].[F].[Na+].[O+2].[V+5]. The van der Waals surface area contributed by atoms with Gasteiger partial charge in [-0.15, -0.1) is 0 Å². The van der Waals surface area contributed by atoms with Crippen molar-refractivity contribution in [3.8, 4) is 0 Å². The third-order valence-corrected chi connectivity index (χ3v) is 0. The van der Waals surface area contributed by atoms with Crippen molar-refractivity contribution in [1.29, 1.82) is 0 Å². The van der Waals surface area contributed by atoms with Crippen LogP contribution < -0.4 is 44.2 Å². The molecule has 0 N–H and O–H groups in total. The van der Waals surface area contributed by atoms with E-state index in [9.17, 15) is 0 Å². The molecule has 0 amide bonds. The molecule has 0 aliphatic rings. The maximum absolute atomic E-state index is 8.55. The quantitative estimate of drug-likeness (QED) is 0.289. The Balaban J connectivity index is -0.0000000133. The summed E-state index contributed by atoms with van der Waals surface area (Å²) < 4.78 is 8.55. The summed E-state index contributed by atoms with van der Waals surface area (Å²) in [7, 11) is -5.39. The van der Waals surface area contributed by atoms with Crippen LogP contribution in [0.4, 0.5) is 4.70 Å². The molecule has 0 aliphatic heterocycles. The van der Waals surface area contributed by atoms with E-state index in [1.165, 1.54) is 0 Å². The van der Waals surface area contributed by atoms with Gasteiger partial charge in [0, 0.05) is 4.70 Å². The predicted octanol–water partition coefficient (Wildman–Crippen LogP) is -5.52. The van der Waals surface area contributed by atoms with E-state index in [2.05, 4.69) is 0 Å². The smallest absolute Gasteiger partial charge is 0.822 e. The monoisotopic (exact) mass is 204 g/mol. The summed E-state index contributed by atoms with van der Waals surface area (Å²) in [6.07, 6.45) is 0. The molecular formula is FNaO5PV+5. The van der Waals surface area contributed by atoms with Crippen LogP contribution in [0.3, 0.4) is 0 Å². The van der Waals surface area contributed by atoms with Crippen molar-refractivity contribution in [2.75, 3.05) is 0 Å². The van der Waals surface area contributed by atoms with Crippen LogP contribution in [0.1, 0.15) is 0 Å². The molecule has 0 atom stereocenters. The Morgan fingerprint density at radius 2 is 1.11 bits per heavy atom. The van der Waals surface area contributed by atoms with Crippen molar-refractivity contribution >= 4 is 7.82 Å². The first kappa shape index (κ1) is 31.2. The van der Waals surface area contributed by atoms with E-state index in [1.807, 2.05) is 0 Å². The molecule has 0 fully saturated rings. The normalized spacial score (nSPS) is 6.56. The zero-order valence-electron chi connectivity index (χ0n) is 4.31. The molecule has 9 heteroatoms. The van der Waals surface area contributed by atoms with E-state index < -0.39 is 7.82 Å². The minimum atomic E-state index is -5.39. The molecule has 5 nitrogen and oxygen atoms in total. The molecule has 0 spiro atoms. The van der Waals surface area contributed by atoms with E-state index in [-0.39, 0.29) is 58.3 Å². The Bertz CT molecular complexity index is 63.1. The summed E-state index contributed by atoms with van der Waals surface area (Å²) in [5.74, 6) is 0. The van der Waals surface area contributed by atoms with Crippen molar-refractivity contribution < 1.29 is 77.5 Å².